The molecule has 2 N–H and O–H groups in total. The van der Waals surface area contributed by atoms with E-state index in [1.54, 1.807) is 18.2 Å². The lowest BCUT2D eigenvalue weighted by atomic mass is 9.98. The minimum atomic E-state index is -0.305. The molecule has 1 amide bonds. The van der Waals surface area contributed by atoms with E-state index in [0.29, 0.717) is 22.4 Å². The maximum absolute atomic E-state index is 12.9. The number of nitrogens with zero attached hydrogens (tertiary/aromatic N) is 1. The first-order valence-electron chi connectivity index (χ1n) is 11.7. The van der Waals surface area contributed by atoms with Gasteiger partial charge in [0.05, 0.1) is 0 Å². The summed E-state index contributed by atoms with van der Waals surface area (Å²) in [4.78, 5) is 17.6. The van der Waals surface area contributed by atoms with E-state index < -0.39 is 0 Å². The Bertz CT molecular complexity index is 1590. The third-order valence-corrected chi connectivity index (χ3v) is 6.86. The summed E-state index contributed by atoms with van der Waals surface area (Å²) in [5, 5.41) is 8.18. The van der Waals surface area contributed by atoms with Crippen molar-refractivity contribution >= 4 is 62.4 Å². The van der Waals surface area contributed by atoms with Crippen molar-refractivity contribution in [3.8, 4) is 11.5 Å². The topological polar surface area (TPSA) is 67.2 Å². The molecule has 4 aromatic carbocycles. The average molecular weight is 514 g/mol. The highest BCUT2D eigenvalue weighted by atomic mass is 35.5. The van der Waals surface area contributed by atoms with Gasteiger partial charge in [-0.25, -0.2) is 4.98 Å². The fourth-order valence-electron chi connectivity index (χ4n) is 4.11. The number of oxazole rings is 1. The summed E-state index contributed by atoms with van der Waals surface area (Å²) in [6, 6.07) is 24.6. The molecule has 5 rings (SSSR count). The van der Waals surface area contributed by atoms with E-state index in [4.69, 9.17) is 28.2 Å². The van der Waals surface area contributed by atoms with Crippen LogP contribution in [0.25, 0.3) is 33.3 Å². The van der Waals surface area contributed by atoms with Crippen LogP contribution in [0.2, 0.25) is 5.02 Å². The molecule has 0 saturated carbocycles. The van der Waals surface area contributed by atoms with Crippen molar-refractivity contribution in [2.24, 2.45) is 0 Å². The molecule has 0 spiro atoms. The van der Waals surface area contributed by atoms with Crippen LogP contribution in [-0.2, 0) is 0 Å². The van der Waals surface area contributed by atoms with Gasteiger partial charge >= 0.3 is 0 Å². The molecular formula is C29H24ClN3O2S. The number of halogens is 1. The molecule has 36 heavy (non-hydrogen) atoms. The zero-order valence-corrected chi connectivity index (χ0v) is 21.4. The number of carbonyl (C=O) groups excluding carboxylic acids is 1. The number of rotatable bonds is 5. The van der Waals surface area contributed by atoms with E-state index in [1.165, 1.54) is 5.56 Å². The Balaban J connectivity index is 1.28. The lowest BCUT2D eigenvalue weighted by Gasteiger charge is -2.11. The van der Waals surface area contributed by atoms with Gasteiger partial charge in [0.25, 0.3) is 5.91 Å². The average Bonchev–Trinajstić information content (AvgIpc) is 3.32. The highest BCUT2D eigenvalue weighted by molar-refractivity contribution is 7.80. The fraction of sp³-hybridized carbons (Fsp3) is 0.138. The maximum Gasteiger partial charge on any atom is 0.258 e. The molecule has 0 bridgehead atoms. The predicted molar refractivity (Wildman–Crippen MR) is 151 cm³/mol. The summed E-state index contributed by atoms with van der Waals surface area (Å²) >= 11 is 11.6. The molecule has 1 heterocycles. The molecule has 180 valence electrons. The van der Waals surface area contributed by atoms with Gasteiger partial charge in [0.1, 0.15) is 5.52 Å². The summed E-state index contributed by atoms with van der Waals surface area (Å²) in [6.07, 6.45) is 1.07. The van der Waals surface area contributed by atoms with E-state index in [2.05, 4.69) is 41.6 Å². The molecule has 5 aromatic rings. The number of hydrogen-bond donors (Lipinski definition) is 2. The van der Waals surface area contributed by atoms with Crippen LogP contribution in [0.5, 0.6) is 0 Å². The Morgan fingerprint density at radius 3 is 2.56 bits per heavy atom. The van der Waals surface area contributed by atoms with E-state index >= 15 is 0 Å². The van der Waals surface area contributed by atoms with Gasteiger partial charge in [-0.1, -0.05) is 55.8 Å². The van der Waals surface area contributed by atoms with E-state index in [0.717, 1.165) is 39.5 Å². The molecule has 1 atom stereocenters. The molecule has 7 heteroatoms. The van der Waals surface area contributed by atoms with Crippen molar-refractivity contribution in [1.82, 2.24) is 10.3 Å². The highest BCUT2D eigenvalue weighted by Crippen LogP contribution is 2.29. The van der Waals surface area contributed by atoms with Crippen LogP contribution in [0.15, 0.2) is 83.3 Å². The molecule has 0 fully saturated rings. The normalized spacial score (nSPS) is 12.0. The SMILES string of the molecule is CC[C@H](C)c1ccc2oc(-c3ccc(NC(=S)NC(=O)c4cccc5c(Cl)cccc45)cc3)nc2c1. The molecule has 0 unspecified atom stereocenters. The molecule has 0 aliphatic carbocycles. The predicted octanol–water partition coefficient (Wildman–Crippen LogP) is 7.94. The molecule has 5 nitrogen and oxygen atoms in total. The molecule has 0 radical (unpaired) electrons. The second kappa shape index (κ2) is 10.1. The summed E-state index contributed by atoms with van der Waals surface area (Å²) in [7, 11) is 0. The third kappa shape index (κ3) is 4.83. The van der Waals surface area contributed by atoms with Crippen molar-refractivity contribution in [2.45, 2.75) is 26.2 Å². The van der Waals surface area contributed by atoms with Crippen LogP contribution in [-0.4, -0.2) is 16.0 Å². The van der Waals surface area contributed by atoms with Gasteiger partial charge in [0, 0.05) is 27.2 Å². The smallest absolute Gasteiger partial charge is 0.258 e. The number of thiocarbonyl (C=S) groups is 1. The number of amides is 1. The maximum atomic E-state index is 12.9. The van der Waals surface area contributed by atoms with Crippen molar-refractivity contribution in [3.05, 3.63) is 95.0 Å². The van der Waals surface area contributed by atoms with Crippen LogP contribution < -0.4 is 10.6 Å². The zero-order valence-electron chi connectivity index (χ0n) is 19.8. The molecular weight excluding hydrogens is 490 g/mol. The number of hydrogen-bond acceptors (Lipinski definition) is 4. The highest BCUT2D eigenvalue weighted by Gasteiger charge is 2.14. The van der Waals surface area contributed by atoms with Crippen LogP contribution in [0.3, 0.4) is 0 Å². The fourth-order valence-corrected chi connectivity index (χ4v) is 4.56. The first-order chi connectivity index (χ1) is 17.4. The van der Waals surface area contributed by atoms with Gasteiger partial charge < -0.3 is 9.73 Å². The number of nitrogens with one attached hydrogen (secondary N) is 2. The number of fused-ring (bicyclic) bond motifs is 2. The van der Waals surface area contributed by atoms with Crippen molar-refractivity contribution in [1.29, 1.82) is 0 Å². The number of benzene rings is 4. The largest absolute Gasteiger partial charge is 0.436 e. The summed E-state index contributed by atoms with van der Waals surface area (Å²) < 4.78 is 5.96. The first-order valence-corrected chi connectivity index (χ1v) is 12.5. The molecule has 0 aliphatic rings. The Labute approximate surface area is 219 Å². The molecule has 0 aliphatic heterocycles. The number of carbonyl (C=O) groups is 1. The second-order valence-electron chi connectivity index (χ2n) is 8.68. The zero-order chi connectivity index (χ0) is 25.2. The molecule has 0 saturated heterocycles. The van der Waals surface area contributed by atoms with E-state index in [9.17, 15) is 4.79 Å². The minimum Gasteiger partial charge on any atom is -0.436 e. The Morgan fingerprint density at radius 2 is 1.78 bits per heavy atom. The second-order valence-corrected chi connectivity index (χ2v) is 9.50. The van der Waals surface area contributed by atoms with Crippen molar-refractivity contribution in [3.63, 3.8) is 0 Å². The van der Waals surface area contributed by atoms with E-state index in [-0.39, 0.29) is 11.0 Å². The van der Waals surface area contributed by atoms with Gasteiger partial charge in [-0.05, 0) is 84.0 Å². The van der Waals surface area contributed by atoms with Crippen molar-refractivity contribution < 1.29 is 9.21 Å². The third-order valence-electron chi connectivity index (χ3n) is 6.32. The quantitative estimate of drug-likeness (QED) is 0.233. The van der Waals surface area contributed by atoms with Gasteiger partial charge in [0.2, 0.25) is 5.89 Å². The Morgan fingerprint density at radius 1 is 1.03 bits per heavy atom. The lowest BCUT2D eigenvalue weighted by Crippen LogP contribution is -2.34. The monoisotopic (exact) mass is 513 g/mol. The first kappa shape index (κ1) is 24.0. The van der Waals surface area contributed by atoms with Gasteiger partial charge in [-0.2, -0.15) is 0 Å². The van der Waals surface area contributed by atoms with Crippen LogP contribution in [0, 0.1) is 0 Å². The van der Waals surface area contributed by atoms with E-state index in [1.807, 2.05) is 48.5 Å². The minimum absolute atomic E-state index is 0.200. The van der Waals surface area contributed by atoms with Crippen LogP contribution in [0.1, 0.15) is 42.1 Å². The van der Waals surface area contributed by atoms with Gasteiger partial charge in [-0.3, -0.25) is 10.1 Å². The van der Waals surface area contributed by atoms with Crippen molar-refractivity contribution in [2.75, 3.05) is 5.32 Å². The van der Waals surface area contributed by atoms with Crippen LogP contribution >= 0.6 is 23.8 Å². The Kier molecular flexibility index (Phi) is 6.72. The number of anilines is 1. The standard InChI is InChI=1S/C29H24ClN3O2S/c1-3-17(2)19-12-15-26-25(16-19)32-28(35-26)18-10-13-20(14-11-18)31-29(36)33-27(34)23-8-4-7-22-21(23)6-5-9-24(22)30/h4-17H,3H2,1-2H3,(H2,31,33,34,36)/t17-/m0/s1. The lowest BCUT2D eigenvalue weighted by molar-refractivity contribution is 0.0979. The van der Waals surface area contributed by atoms with Gasteiger partial charge in [-0.15, -0.1) is 0 Å². The number of aromatic nitrogens is 1. The summed E-state index contributed by atoms with van der Waals surface area (Å²) in [5.41, 5.74) is 4.96. The summed E-state index contributed by atoms with van der Waals surface area (Å²) in [5.74, 6) is 0.728. The molecule has 1 aromatic heterocycles. The van der Waals surface area contributed by atoms with Gasteiger partial charge in [0.15, 0.2) is 10.7 Å². The summed E-state index contributed by atoms with van der Waals surface area (Å²) in [6.45, 7) is 4.38. The van der Waals surface area contributed by atoms with Crippen LogP contribution in [0.4, 0.5) is 5.69 Å². The Hall–Kier alpha value is -3.74.